The highest BCUT2D eigenvalue weighted by molar-refractivity contribution is 5.81. The predicted octanol–water partition coefficient (Wildman–Crippen LogP) is 2.29. The summed E-state index contributed by atoms with van der Waals surface area (Å²) in [6.07, 6.45) is 4.05. The van der Waals surface area contributed by atoms with Crippen LogP contribution in [0.1, 0.15) is 40.0 Å². The molecule has 2 rings (SSSR count). The molecule has 2 aliphatic carbocycles. The topological polar surface area (TPSA) is 46.5 Å². The third-order valence-corrected chi connectivity index (χ3v) is 5.67. The number of fused-ring (bicyclic) bond motifs is 2. The van der Waals surface area contributed by atoms with Gasteiger partial charge in [0.05, 0.1) is 0 Å². The Morgan fingerprint density at radius 1 is 1.53 bits per heavy atom. The zero-order valence-corrected chi connectivity index (χ0v) is 11.0. The van der Waals surface area contributed by atoms with E-state index in [4.69, 9.17) is 4.74 Å². The molecule has 0 radical (unpaired) electrons. The Kier molecular flexibility index (Phi) is 2.66. The summed E-state index contributed by atoms with van der Waals surface area (Å²) in [4.78, 5) is 11.1. The first kappa shape index (κ1) is 12.6. The van der Waals surface area contributed by atoms with Crippen LogP contribution >= 0.6 is 0 Å². The Hall–Kier alpha value is -0.830. The molecule has 0 aromatic heterocycles. The summed E-state index contributed by atoms with van der Waals surface area (Å²) < 4.78 is 5.08. The largest absolute Gasteiger partial charge is 0.459 e. The van der Waals surface area contributed by atoms with Gasteiger partial charge in [0.25, 0.3) is 0 Å². The summed E-state index contributed by atoms with van der Waals surface area (Å²) in [5, 5.41) is 10.8. The lowest BCUT2D eigenvalue weighted by Crippen LogP contribution is -2.50. The Balaban J connectivity index is 2.18. The first-order chi connectivity index (χ1) is 7.77. The van der Waals surface area contributed by atoms with E-state index in [2.05, 4.69) is 27.4 Å². The molecule has 0 aromatic carbocycles. The van der Waals surface area contributed by atoms with Crippen LogP contribution in [0.5, 0.6) is 0 Å². The van der Waals surface area contributed by atoms with Crippen LogP contribution in [-0.4, -0.2) is 23.3 Å². The van der Waals surface area contributed by atoms with Crippen LogP contribution in [0.4, 0.5) is 0 Å². The molecule has 2 bridgehead atoms. The molecule has 0 aromatic rings. The van der Waals surface area contributed by atoms with Crippen molar-refractivity contribution in [1.82, 2.24) is 0 Å². The average Bonchev–Trinajstić information content (AvgIpc) is 2.58. The van der Waals surface area contributed by atoms with Gasteiger partial charge in [-0.05, 0) is 30.6 Å². The van der Waals surface area contributed by atoms with Crippen molar-refractivity contribution in [1.29, 1.82) is 0 Å². The Labute approximate surface area is 103 Å². The summed E-state index contributed by atoms with van der Waals surface area (Å²) >= 11 is 0. The van der Waals surface area contributed by atoms with Crippen molar-refractivity contribution in [3.8, 4) is 0 Å². The number of aliphatic hydroxyl groups is 1. The molecule has 17 heavy (non-hydrogen) atoms. The van der Waals surface area contributed by atoms with Crippen molar-refractivity contribution in [2.24, 2.45) is 16.7 Å². The molecule has 2 aliphatic rings. The van der Waals surface area contributed by atoms with Crippen molar-refractivity contribution in [3.05, 3.63) is 12.7 Å². The first-order valence-electron chi connectivity index (χ1n) is 6.28. The van der Waals surface area contributed by atoms with E-state index in [0.29, 0.717) is 5.92 Å². The number of esters is 1. The minimum atomic E-state index is -0.877. The van der Waals surface area contributed by atoms with E-state index < -0.39 is 11.6 Å². The van der Waals surface area contributed by atoms with Gasteiger partial charge in [-0.15, -0.1) is 0 Å². The normalized spacial score (nSPS) is 42.5. The van der Waals surface area contributed by atoms with Gasteiger partial charge < -0.3 is 9.84 Å². The van der Waals surface area contributed by atoms with E-state index in [9.17, 15) is 9.90 Å². The highest BCUT2D eigenvalue weighted by Crippen LogP contribution is 2.69. The zero-order chi connectivity index (χ0) is 12.9. The molecular formula is C14H22O3. The number of ether oxygens (including phenoxy) is 1. The fourth-order valence-corrected chi connectivity index (χ4v) is 3.89. The van der Waals surface area contributed by atoms with Gasteiger partial charge in [0.15, 0.2) is 0 Å². The van der Waals surface area contributed by atoms with Gasteiger partial charge in [-0.2, -0.15) is 0 Å². The molecule has 0 saturated heterocycles. The Morgan fingerprint density at radius 3 is 2.59 bits per heavy atom. The molecule has 0 unspecified atom stereocenters. The zero-order valence-electron chi connectivity index (χ0n) is 11.0. The van der Waals surface area contributed by atoms with Gasteiger partial charge in [0.1, 0.15) is 12.2 Å². The van der Waals surface area contributed by atoms with Gasteiger partial charge in [-0.3, -0.25) is 0 Å². The molecular weight excluding hydrogens is 216 g/mol. The molecule has 0 spiro atoms. The summed E-state index contributed by atoms with van der Waals surface area (Å²) in [5.41, 5.74) is -0.924. The molecule has 0 amide bonds. The number of rotatable bonds is 3. The monoisotopic (exact) mass is 238 g/mol. The third-order valence-electron chi connectivity index (χ3n) is 5.67. The minimum absolute atomic E-state index is 0.0916. The first-order valence-corrected chi connectivity index (χ1v) is 6.28. The summed E-state index contributed by atoms with van der Waals surface area (Å²) in [6, 6.07) is 0. The molecule has 2 saturated carbocycles. The molecule has 2 fully saturated rings. The van der Waals surface area contributed by atoms with Gasteiger partial charge in [-0.1, -0.05) is 27.4 Å². The molecule has 3 heteroatoms. The fourth-order valence-electron chi connectivity index (χ4n) is 3.89. The minimum Gasteiger partial charge on any atom is -0.459 e. The van der Waals surface area contributed by atoms with Crippen LogP contribution in [0, 0.1) is 16.7 Å². The van der Waals surface area contributed by atoms with Gasteiger partial charge in [0, 0.05) is 11.5 Å². The van der Waals surface area contributed by atoms with Crippen LogP contribution in [-0.2, 0) is 9.53 Å². The quantitative estimate of drug-likeness (QED) is 0.606. The number of carbonyl (C=O) groups is 1. The molecule has 3 atom stereocenters. The maximum absolute atomic E-state index is 11.1. The summed E-state index contributed by atoms with van der Waals surface area (Å²) in [5.74, 6) is 0.0718. The lowest BCUT2D eigenvalue weighted by atomic mass is 9.64. The second-order valence-electron chi connectivity index (χ2n) is 6.34. The van der Waals surface area contributed by atoms with Gasteiger partial charge >= 0.3 is 5.97 Å². The van der Waals surface area contributed by atoms with Crippen molar-refractivity contribution < 1.29 is 14.6 Å². The maximum atomic E-state index is 11.1. The van der Waals surface area contributed by atoms with Gasteiger partial charge in [0.2, 0.25) is 0 Å². The third kappa shape index (κ3) is 1.48. The summed E-state index contributed by atoms with van der Waals surface area (Å²) in [7, 11) is 0. The molecule has 3 nitrogen and oxygen atoms in total. The van der Waals surface area contributed by atoms with E-state index in [0.717, 1.165) is 18.9 Å². The van der Waals surface area contributed by atoms with E-state index in [-0.39, 0.29) is 17.4 Å². The highest BCUT2D eigenvalue weighted by Gasteiger charge is 2.68. The lowest BCUT2D eigenvalue weighted by Gasteiger charge is -2.44. The molecule has 0 aliphatic heterocycles. The van der Waals surface area contributed by atoms with Crippen molar-refractivity contribution in [3.63, 3.8) is 0 Å². The smallest absolute Gasteiger partial charge is 0.330 e. The van der Waals surface area contributed by atoms with Crippen molar-refractivity contribution >= 4 is 5.97 Å². The number of hydrogen-bond acceptors (Lipinski definition) is 3. The second kappa shape index (κ2) is 3.58. The van der Waals surface area contributed by atoms with E-state index in [1.807, 2.05) is 0 Å². The Morgan fingerprint density at radius 2 is 2.18 bits per heavy atom. The van der Waals surface area contributed by atoms with Crippen LogP contribution in [0.25, 0.3) is 0 Å². The highest BCUT2D eigenvalue weighted by atomic mass is 16.5. The summed E-state index contributed by atoms with van der Waals surface area (Å²) in [6.45, 7) is 10.0. The molecule has 0 heterocycles. The lowest BCUT2D eigenvalue weighted by molar-refractivity contribution is -0.160. The maximum Gasteiger partial charge on any atom is 0.330 e. The number of carbonyl (C=O) groups excluding carboxylic acids is 1. The molecule has 1 N–H and O–H groups in total. The molecule has 96 valence electrons. The van der Waals surface area contributed by atoms with Crippen molar-refractivity contribution in [2.45, 2.75) is 45.6 Å². The van der Waals surface area contributed by atoms with E-state index >= 15 is 0 Å². The van der Waals surface area contributed by atoms with E-state index in [1.54, 1.807) is 0 Å². The fraction of sp³-hybridized carbons (Fsp3) is 0.786. The predicted molar refractivity (Wildman–Crippen MR) is 65.3 cm³/mol. The standard InChI is InChI=1S/C14H22O3/c1-5-11(15)17-9-14(16)8-10-6-7-13(14,4)12(10,2)3/h5,10,16H,1,6-9H2,2-4H3/t10-,13-,14+/m1/s1. The SMILES string of the molecule is C=CC(=O)OC[C@@]1(O)C[C@H]2CC[C@]1(C)C2(C)C. The van der Waals surface area contributed by atoms with E-state index in [1.165, 1.54) is 6.42 Å². The number of hydrogen-bond donors (Lipinski definition) is 1. The second-order valence-corrected chi connectivity index (χ2v) is 6.34. The van der Waals surface area contributed by atoms with Gasteiger partial charge in [-0.25, -0.2) is 4.79 Å². The van der Waals surface area contributed by atoms with Crippen LogP contribution < -0.4 is 0 Å². The van der Waals surface area contributed by atoms with Crippen LogP contribution in [0.15, 0.2) is 12.7 Å². The van der Waals surface area contributed by atoms with Crippen LogP contribution in [0.2, 0.25) is 0 Å². The average molecular weight is 238 g/mol. The van der Waals surface area contributed by atoms with Crippen molar-refractivity contribution in [2.75, 3.05) is 6.61 Å². The van der Waals surface area contributed by atoms with Crippen LogP contribution in [0.3, 0.4) is 0 Å². The Bertz CT molecular complexity index is 360.